The number of carbonyl (C=O) groups is 1. The maximum absolute atomic E-state index is 14.1. The fourth-order valence-corrected chi connectivity index (χ4v) is 3.10. The Morgan fingerprint density at radius 3 is 2.30 bits per heavy atom. The van der Waals surface area contributed by atoms with Crippen LogP contribution in [-0.4, -0.2) is 25.8 Å². The molecule has 4 aromatic rings. The van der Waals surface area contributed by atoms with Crippen molar-refractivity contribution in [2.45, 2.75) is 19.3 Å². The van der Waals surface area contributed by atoms with Crippen LogP contribution in [0.2, 0.25) is 0 Å². The van der Waals surface area contributed by atoms with Gasteiger partial charge in [0.15, 0.2) is 0 Å². The minimum atomic E-state index is -0.990. The number of hydrogen-bond acceptors (Lipinski definition) is 5. The van der Waals surface area contributed by atoms with E-state index in [9.17, 15) is 13.6 Å². The van der Waals surface area contributed by atoms with Crippen LogP contribution in [0.4, 0.5) is 14.5 Å². The van der Waals surface area contributed by atoms with E-state index in [-0.39, 0.29) is 38.0 Å². The number of nitrogens with zero attached hydrogens (tertiary/aromatic N) is 5. The Labute approximate surface area is 203 Å². The van der Waals surface area contributed by atoms with Gasteiger partial charge in [0, 0.05) is 23.5 Å². The van der Waals surface area contributed by atoms with Gasteiger partial charge < -0.3 is 15.1 Å². The standard InChI is InChI=1S/C24H18F2N5O.Pt/c1-24(2,19-7-3-5-17(29-19)16-9-10-21(25)31-22(16)26)20-8-4-6-18(30-20)23(32)28-15-11-13-27-14-12-15;/h3-8,10-14H,1-2H3,(H,27,28,32);/q-1;+2/p-1. The first-order valence-electron chi connectivity index (χ1n) is 9.70. The Morgan fingerprint density at radius 1 is 0.939 bits per heavy atom. The van der Waals surface area contributed by atoms with Crippen LogP contribution in [0.5, 0.6) is 0 Å². The molecule has 0 N–H and O–H groups in total. The third kappa shape index (κ3) is 5.34. The van der Waals surface area contributed by atoms with Gasteiger partial charge >= 0.3 is 21.1 Å². The van der Waals surface area contributed by atoms with E-state index in [1.165, 1.54) is 0 Å². The van der Waals surface area contributed by atoms with Crippen molar-refractivity contribution in [1.29, 1.82) is 0 Å². The Kier molecular flexibility index (Phi) is 7.39. The van der Waals surface area contributed by atoms with Crippen molar-refractivity contribution in [3.63, 3.8) is 0 Å². The molecule has 0 bridgehead atoms. The molecule has 0 aliphatic rings. The second-order valence-corrected chi connectivity index (χ2v) is 7.45. The fraction of sp³-hybridized carbons (Fsp3) is 0.125. The van der Waals surface area contributed by atoms with E-state index in [1.54, 1.807) is 60.9 Å². The molecule has 0 saturated heterocycles. The molecule has 6 nitrogen and oxygen atoms in total. The molecule has 9 heteroatoms. The molecule has 0 spiro atoms. The number of halogens is 2. The van der Waals surface area contributed by atoms with Crippen molar-refractivity contribution in [3.8, 4) is 11.3 Å². The maximum atomic E-state index is 14.1. The second kappa shape index (κ2) is 10.0. The summed E-state index contributed by atoms with van der Waals surface area (Å²) in [5.41, 5.74) is 1.34. The number of rotatable bonds is 5. The quantitative estimate of drug-likeness (QED) is 0.226. The Hall–Kier alpha value is -3.38. The Balaban J connectivity index is 0.00000306. The molecule has 4 aromatic heterocycles. The Morgan fingerprint density at radius 2 is 1.61 bits per heavy atom. The van der Waals surface area contributed by atoms with E-state index in [1.807, 2.05) is 13.8 Å². The first kappa shape index (κ1) is 24.3. The summed E-state index contributed by atoms with van der Waals surface area (Å²) in [5.74, 6) is -2.42. The van der Waals surface area contributed by atoms with Gasteiger partial charge in [0.1, 0.15) is 17.8 Å². The zero-order valence-corrected chi connectivity index (χ0v) is 19.8. The number of carbonyl (C=O) groups excluding carboxylic acids is 1. The zero-order valence-electron chi connectivity index (χ0n) is 17.6. The number of hydrogen-bond donors (Lipinski definition) is 0. The third-order valence-corrected chi connectivity index (χ3v) is 4.89. The van der Waals surface area contributed by atoms with Gasteiger partial charge in [-0.15, -0.1) is 11.8 Å². The molecule has 0 aliphatic carbocycles. The molecule has 33 heavy (non-hydrogen) atoms. The summed E-state index contributed by atoms with van der Waals surface area (Å²) in [6.07, 6.45) is 3.10. The molecule has 0 unspecified atom stereocenters. The van der Waals surface area contributed by atoms with Gasteiger partial charge in [0.05, 0.1) is 11.4 Å². The minimum absolute atomic E-state index is 0. The van der Waals surface area contributed by atoms with Crippen molar-refractivity contribution in [2.75, 3.05) is 0 Å². The van der Waals surface area contributed by atoms with E-state index in [0.717, 1.165) is 6.07 Å². The van der Waals surface area contributed by atoms with Crippen LogP contribution >= 0.6 is 0 Å². The van der Waals surface area contributed by atoms with Crippen LogP contribution in [-0.2, 0) is 26.5 Å². The predicted octanol–water partition coefficient (Wildman–Crippen LogP) is 5.18. The molecular formula is C24H17F2N5OPt. The van der Waals surface area contributed by atoms with Crippen molar-refractivity contribution >= 4 is 11.6 Å². The average molecular weight is 625 g/mol. The van der Waals surface area contributed by atoms with Crippen LogP contribution in [0.3, 0.4) is 0 Å². The van der Waals surface area contributed by atoms with Crippen LogP contribution in [0, 0.1) is 18.0 Å². The van der Waals surface area contributed by atoms with Crippen LogP contribution in [0.25, 0.3) is 16.6 Å². The molecule has 4 heterocycles. The van der Waals surface area contributed by atoms with Crippen molar-refractivity contribution in [1.82, 2.24) is 19.9 Å². The van der Waals surface area contributed by atoms with Gasteiger partial charge in [-0.25, -0.2) is 8.78 Å². The smallest absolute Gasteiger partial charge is 0.621 e. The van der Waals surface area contributed by atoms with E-state index in [2.05, 4.69) is 31.3 Å². The van der Waals surface area contributed by atoms with Crippen molar-refractivity contribution in [2.24, 2.45) is 0 Å². The maximum Gasteiger partial charge on any atom is 2.00 e. The van der Waals surface area contributed by atoms with Gasteiger partial charge in [-0.1, -0.05) is 42.0 Å². The molecule has 168 valence electrons. The van der Waals surface area contributed by atoms with E-state index in [4.69, 9.17) is 0 Å². The summed E-state index contributed by atoms with van der Waals surface area (Å²) >= 11 is 0. The molecule has 0 aliphatic heterocycles. The number of aromatic nitrogens is 4. The molecule has 0 saturated carbocycles. The molecule has 0 aromatic carbocycles. The van der Waals surface area contributed by atoms with E-state index in [0.29, 0.717) is 17.1 Å². The summed E-state index contributed by atoms with van der Waals surface area (Å²) in [5, 5.41) is 4.06. The first-order chi connectivity index (χ1) is 15.3. The molecule has 4 rings (SSSR count). The van der Waals surface area contributed by atoms with Crippen molar-refractivity contribution < 1.29 is 34.6 Å². The van der Waals surface area contributed by atoms with Gasteiger partial charge in [0.25, 0.3) is 0 Å². The predicted molar refractivity (Wildman–Crippen MR) is 114 cm³/mol. The van der Waals surface area contributed by atoms with Gasteiger partial charge in [-0.05, 0) is 37.7 Å². The minimum Gasteiger partial charge on any atom is -0.621 e. The molecular weight excluding hydrogens is 607 g/mol. The average Bonchev–Trinajstić information content (AvgIpc) is 2.80. The molecule has 0 radical (unpaired) electrons. The third-order valence-electron chi connectivity index (χ3n) is 4.89. The summed E-state index contributed by atoms with van der Waals surface area (Å²) in [6, 6.07) is 16.9. The summed E-state index contributed by atoms with van der Waals surface area (Å²) in [7, 11) is 0. The molecule has 1 amide bonds. The summed E-state index contributed by atoms with van der Waals surface area (Å²) in [4.78, 5) is 28.7. The first-order valence-corrected chi connectivity index (χ1v) is 9.70. The fourth-order valence-electron chi connectivity index (χ4n) is 3.10. The van der Waals surface area contributed by atoms with Gasteiger partial charge in [-0.2, -0.15) is 0 Å². The van der Waals surface area contributed by atoms with Gasteiger partial charge in [-0.3, -0.25) is 15.0 Å². The molecule has 0 fully saturated rings. The van der Waals surface area contributed by atoms with Crippen LogP contribution in [0.1, 0.15) is 35.7 Å². The molecule has 0 atom stereocenters. The Bertz CT molecular complexity index is 1280. The van der Waals surface area contributed by atoms with Crippen LogP contribution in [0.15, 0.2) is 67.0 Å². The summed E-state index contributed by atoms with van der Waals surface area (Å²) < 4.78 is 27.3. The number of pyridine rings is 4. The van der Waals surface area contributed by atoms with E-state index >= 15 is 0 Å². The van der Waals surface area contributed by atoms with E-state index < -0.39 is 23.2 Å². The zero-order chi connectivity index (χ0) is 22.7. The number of amides is 1. The topological polar surface area (TPSA) is 82.7 Å². The normalized spacial score (nSPS) is 10.9. The second-order valence-electron chi connectivity index (χ2n) is 7.45. The summed E-state index contributed by atoms with van der Waals surface area (Å²) in [6.45, 7) is 3.78. The SMILES string of the molecule is CC(C)(c1cccc(C(=O)[N-]c2ccncc2)n1)c1cccc(-c2[c-]cc(F)nc2F)n1.[Pt+2]. The largest absolute Gasteiger partial charge is 2.00 e. The van der Waals surface area contributed by atoms with Crippen LogP contribution < -0.4 is 0 Å². The van der Waals surface area contributed by atoms with Crippen molar-refractivity contribution in [3.05, 3.63) is 107 Å². The van der Waals surface area contributed by atoms with Gasteiger partial charge in [0.2, 0.25) is 0 Å². The monoisotopic (exact) mass is 624 g/mol.